The van der Waals surface area contributed by atoms with Crippen LogP contribution >= 0.6 is 11.3 Å². The van der Waals surface area contributed by atoms with E-state index >= 15 is 0 Å². The van der Waals surface area contributed by atoms with Gasteiger partial charge in [-0.1, -0.05) is 140 Å². The quantitative estimate of drug-likeness (QED) is 0.171. The van der Waals surface area contributed by atoms with E-state index in [0.717, 1.165) is 66.8 Å². The number of thiophene rings is 1. The third-order valence-electron chi connectivity index (χ3n) is 9.66. The Morgan fingerprint density at radius 2 is 0.980 bits per heavy atom. The first kappa shape index (κ1) is 29.4. The molecule has 0 aliphatic rings. The summed E-state index contributed by atoms with van der Waals surface area (Å²) < 4.78 is 2.56. The average Bonchev–Trinajstić information content (AvgIpc) is 3.60. The van der Waals surface area contributed by atoms with Crippen molar-refractivity contribution in [2.75, 3.05) is 0 Å². The van der Waals surface area contributed by atoms with Crippen molar-refractivity contribution >= 4 is 53.2 Å². The van der Waals surface area contributed by atoms with Crippen LogP contribution in [0.1, 0.15) is 0 Å². The van der Waals surface area contributed by atoms with Crippen LogP contribution in [-0.4, -0.2) is 15.0 Å². The Kier molecular flexibility index (Phi) is 7.00. The molecular weight excluding hydrogens is 639 g/mol. The van der Waals surface area contributed by atoms with E-state index in [4.69, 9.17) is 15.0 Å². The monoisotopic (exact) mass is 667 g/mol. The SMILES string of the molecule is c1ccc(-c2cccc(-c3nc(-c4ccccc4)cc(-c4ccc5nc(-c6ccccc6)c6ccc7sc8ccccc8c7c6c5c4)n3)c2)cc1. The van der Waals surface area contributed by atoms with Crippen molar-refractivity contribution in [3.05, 3.63) is 176 Å². The number of nitrogens with zero attached hydrogens (tertiary/aromatic N) is 3. The zero-order chi connectivity index (χ0) is 33.7. The second-order valence-corrected chi connectivity index (χ2v) is 13.9. The Hall–Kier alpha value is -6.49. The predicted octanol–water partition coefficient (Wildman–Crippen LogP) is 12.9. The first-order valence-corrected chi connectivity index (χ1v) is 17.9. The minimum Gasteiger partial charge on any atom is -0.247 e. The van der Waals surface area contributed by atoms with Crippen LogP contribution in [-0.2, 0) is 0 Å². The Balaban J connectivity index is 1.24. The van der Waals surface area contributed by atoms with Gasteiger partial charge in [-0.3, -0.25) is 0 Å². The van der Waals surface area contributed by atoms with E-state index in [1.54, 1.807) is 0 Å². The number of hydrogen-bond donors (Lipinski definition) is 0. The summed E-state index contributed by atoms with van der Waals surface area (Å²) >= 11 is 1.84. The van der Waals surface area contributed by atoms with Crippen molar-refractivity contribution in [3.63, 3.8) is 0 Å². The molecule has 0 aliphatic carbocycles. The molecule has 51 heavy (non-hydrogen) atoms. The molecule has 10 rings (SSSR count). The molecule has 238 valence electrons. The molecule has 0 spiro atoms. The van der Waals surface area contributed by atoms with Gasteiger partial charge in [0.2, 0.25) is 0 Å². The number of aromatic nitrogens is 3. The maximum Gasteiger partial charge on any atom is 0.160 e. The molecule has 3 heterocycles. The third-order valence-corrected chi connectivity index (χ3v) is 10.8. The van der Waals surface area contributed by atoms with Crippen LogP contribution in [0.15, 0.2) is 176 Å². The minimum atomic E-state index is 0.692. The topological polar surface area (TPSA) is 38.7 Å². The van der Waals surface area contributed by atoms with Crippen molar-refractivity contribution in [1.82, 2.24) is 15.0 Å². The fraction of sp³-hybridized carbons (Fsp3) is 0. The van der Waals surface area contributed by atoms with Crippen LogP contribution in [0.2, 0.25) is 0 Å². The van der Waals surface area contributed by atoms with Crippen LogP contribution in [0.3, 0.4) is 0 Å². The molecule has 0 bridgehead atoms. The van der Waals surface area contributed by atoms with E-state index in [0.29, 0.717) is 5.82 Å². The second kappa shape index (κ2) is 12.1. The summed E-state index contributed by atoms with van der Waals surface area (Å²) in [4.78, 5) is 15.7. The van der Waals surface area contributed by atoms with Gasteiger partial charge in [0.1, 0.15) is 0 Å². The number of hydrogen-bond acceptors (Lipinski definition) is 4. The Bertz CT molecular complexity index is 2900. The van der Waals surface area contributed by atoms with Crippen molar-refractivity contribution < 1.29 is 0 Å². The van der Waals surface area contributed by atoms with Gasteiger partial charge >= 0.3 is 0 Å². The van der Waals surface area contributed by atoms with Crippen molar-refractivity contribution in [2.24, 2.45) is 0 Å². The van der Waals surface area contributed by atoms with Gasteiger partial charge in [0.05, 0.1) is 22.6 Å². The van der Waals surface area contributed by atoms with Gasteiger partial charge in [0, 0.05) is 58.6 Å². The first-order chi connectivity index (χ1) is 25.3. The summed E-state index contributed by atoms with van der Waals surface area (Å²) in [5.41, 5.74) is 10.2. The van der Waals surface area contributed by atoms with Gasteiger partial charge in [0.25, 0.3) is 0 Å². The molecule has 7 aromatic carbocycles. The van der Waals surface area contributed by atoms with Crippen LogP contribution in [0.4, 0.5) is 0 Å². The lowest BCUT2D eigenvalue weighted by atomic mass is 9.95. The summed E-state index contributed by atoms with van der Waals surface area (Å²) in [7, 11) is 0. The molecule has 0 unspecified atom stereocenters. The van der Waals surface area contributed by atoms with Crippen LogP contribution in [0.25, 0.3) is 98.1 Å². The summed E-state index contributed by atoms with van der Waals surface area (Å²) in [6, 6.07) is 61.8. The summed E-state index contributed by atoms with van der Waals surface area (Å²) in [6.07, 6.45) is 0. The number of benzene rings is 7. The fourth-order valence-electron chi connectivity index (χ4n) is 7.23. The highest BCUT2D eigenvalue weighted by Crippen LogP contribution is 2.44. The lowest BCUT2D eigenvalue weighted by Crippen LogP contribution is -1.97. The van der Waals surface area contributed by atoms with Crippen molar-refractivity contribution in [3.8, 4) is 56.3 Å². The number of fused-ring (bicyclic) bond motifs is 7. The van der Waals surface area contributed by atoms with Crippen LogP contribution in [0, 0.1) is 0 Å². The van der Waals surface area contributed by atoms with Crippen molar-refractivity contribution in [2.45, 2.75) is 0 Å². The smallest absolute Gasteiger partial charge is 0.160 e. The van der Waals surface area contributed by atoms with Gasteiger partial charge in [-0.25, -0.2) is 15.0 Å². The van der Waals surface area contributed by atoms with E-state index in [1.807, 2.05) is 23.5 Å². The third kappa shape index (κ3) is 5.16. The van der Waals surface area contributed by atoms with E-state index in [-0.39, 0.29) is 0 Å². The number of pyridine rings is 1. The Morgan fingerprint density at radius 1 is 0.333 bits per heavy atom. The molecule has 3 nitrogen and oxygen atoms in total. The maximum absolute atomic E-state index is 5.32. The Labute approximate surface area is 299 Å². The maximum atomic E-state index is 5.32. The van der Waals surface area contributed by atoms with E-state index in [1.165, 1.54) is 25.6 Å². The largest absolute Gasteiger partial charge is 0.247 e. The summed E-state index contributed by atoms with van der Waals surface area (Å²) in [5, 5.41) is 6.04. The predicted molar refractivity (Wildman–Crippen MR) is 215 cm³/mol. The zero-order valence-corrected chi connectivity index (χ0v) is 28.3. The highest BCUT2D eigenvalue weighted by atomic mass is 32.1. The average molecular weight is 668 g/mol. The van der Waals surface area contributed by atoms with Crippen molar-refractivity contribution in [1.29, 1.82) is 0 Å². The lowest BCUT2D eigenvalue weighted by Gasteiger charge is -2.14. The van der Waals surface area contributed by atoms with Gasteiger partial charge in [-0.15, -0.1) is 11.3 Å². The molecule has 0 saturated carbocycles. The highest BCUT2D eigenvalue weighted by Gasteiger charge is 2.18. The standard InChI is InChI=1S/C47H29N3S/c1-4-13-30(14-5-1)33-19-12-20-35(27-33)47-49-40(31-15-6-2-7-16-31)29-41(50-47)34-23-25-39-38(28-34)44-37(46(48-39)32-17-8-3-9-18-32)24-26-43-45(44)36-21-10-11-22-42(36)51-43/h1-29H. The molecule has 0 saturated heterocycles. The molecule has 0 atom stereocenters. The Morgan fingerprint density at radius 3 is 1.76 bits per heavy atom. The zero-order valence-electron chi connectivity index (χ0n) is 27.5. The molecule has 10 aromatic rings. The van der Waals surface area contributed by atoms with Crippen LogP contribution < -0.4 is 0 Å². The lowest BCUT2D eigenvalue weighted by molar-refractivity contribution is 1.18. The fourth-order valence-corrected chi connectivity index (χ4v) is 8.35. The molecule has 3 aromatic heterocycles. The van der Waals surface area contributed by atoms with Gasteiger partial charge < -0.3 is 0 Å². The molecule has 0 N–H and O–H groups in total. The second-order valence-electron chi connectivity index (χ2n) is 12.8. The number of rotatable bonds is 5. The molecule has 0 amide bonds. The minimum absolute atomic E-state index is 0.692. The molecule has 4 heteroatoms. The normalized spacial score (nSPS) is 11.5. The molecule has 0 aliphatic heterocycles. The van der Waals surface area contributed by atoms with Gasteiger partial charge in [-0.2, -0.15) is 0 Å². The first-order valence-electron chi connectivity index (χ1n) is 17.1. The van der Waals surface area contributed by atoms with Crippen LogP contribution in [0.5, 0.6) is 0 Å². The molecule has 0 radical (unpaired) electrons. The molecule has 0 fully saturated rings. The van der Waals surface area contributed by atoms with E-state index in [2.05, 4.69) is 164 Å². The highest BCUT2D eigenvalue weighted by molar-refractivity contribution is 7.26. The van der Waals surface area contributed by atoms with Gasteiger partial charge in [0.15, 0.2) is 5.82 Å². The van der Waals surface area contributed by atoms with E-state index < -0.39 is 0 Å². The molecular formula is C47H29N3S. The van der Waals surface area contributed by atoms with E-state index in [9.17, 15) is 0 Å². The van der Waals surface area contributed by atoms with Gasteiger partial charge in [-0.05, 0) is 47.5 Å². The summed E-state index contributed by atoms with van der Waals surface area (Å²) in [6.45, 7) is 0. The summed E-state index contributed by atoms with van der Waals surface area (Å²) in [5.74, 6) is 0.692.